The number of carbonyl (C=O) groups excluding carboxylic acids is 3. The zero-order valence-corrected chi connectivity index (χ0v) is 36.8. The SMILES string of the molecule is CC(C)(C)OC(=O)N[C@@H](Cc1ccc(-c2cccc(Cl)c2)cc1)C(=O)NCCC#N.CC(C)(C)OC(=O)N[C@@H](Cc1ccc(-c2cccc(Cl)c2)cc1)C(=O)O.N#CCCN. The van der Waals surface area contributed by atoms with E-state index in [1.54, 1.807) is 47.6 Å². The van der Waals surface area contributed by atoms with Crippen molar-refractivity contribution in [1.29, 1.82) is 10.5 Å². The van der Waals surface area contributed by atoms with Crippen molar-refractivity contribution in [3.8, 4) is 34.4 Å². The molecule has 61 heavy (non-hydrogen) atoms. The second-order valence-electron chi connectivity index (χ2n) is 15.5. The van der Waals surface area contributed by atoms with Gasteiger partial charge in [-0.25, -0.2) is 14.4 Å². The lowest BCUT2D eigenvalue weighted by molar-refractivity contribution is -0.139. The van der Waals surface area contributed by atoms with E-state index in [0.717, 1.165) is 33.4 Å². The molecule has 0 aliphatic rings. The molecule has 0 bridgehead atoms. The summed E-state index contributed by atoms with van der Waals surface area (Å²) in [7, 11) is 0. The lowest BCUT2D eigenvalue weighted by Gasteiger charge is -2.23. The van der Waals surface area contributed by atoms with Gasteiger partial charge < -0.3 is 36.3 Å². The molecule has 0 saturated carbocycles. The lowest BCUT2D eigenvalue weighted by atomic mass is 10.0. The summed E-state index contributed by atoms with van der Waals surface area (Å²) in [6.45, 7) is 11.1. The molecule has 4 rings (SSSR count). The molecule has 0 fully saturated rings. The number of halogens is 2. The number of nitrogens with two attached hydrogens (primary N) is 1. The quantitative estimate of drug-likeness (QED) is 0.0804. The van der Waals surface area contributed by atoms with Crippen LogP contribution < -0.4 is 21.7 Å². The first kappa shape index (κ1) is 51.0. The number of ether oxygens (including phenoxy) is 2. The maximum absolute atomic E-state index is 12.5. The van der Waals surface area contributed by atoms with Crippen LogP contribution in [0.5, 0.6) is 0 Å². The molecule has 0 aliphatic carbocycles. The van der Waals surface area contributed by atoms with Crippen molar-refractivity contribution in [2.45, 2.75) is 90.5 Å². The van der Waals surface area contributed by atoms with E-state index in [1.165, 1.54) is 0 Å². The van der Waals surface area contributed by atoms with Gasteiger partial charge in [-0.2, -0.15) is 10.5 Å². The fourth-order valence-corrected chi connectivity index (χ4v) is 5.59. The molecule has 13 nitrogen and oxygen atoms in total. The monoisotopic (exact) mass is 872 g/mol. The van der Waals surface area contributed by atoms with Crippen LogP contribution in [-0.2, 0) is 31.9 Å². The highest BCUT2D eigenvalue weighted by Crippen LogP contribution is 2.25. The topological polar surface area (TPSA) is 217 Å². The summed E-state index contributed by atoms with van der Waals surface area (Å²) in [4.78, 5) is 48.0. The van der Waals surface area contributed by atoms with Crippen LogP contribution >= 0.6 is 23.2 Å². The van der Waals surface area contributed by atoms with Gasteiger partial charge in [0, 0.05) is 42.4 Å². The first-order valence-corrected chi connectivity index (χ1v) is 20.1. The number of nitrogens with zero attached hydrogens (tertiary/aromatic N) is 2. The van der Waals surface area contributed by atoms with Gasteiger partial charge in [-0.3, -0.25) is 4.79 Å². The first-order chi connectivity index (χ1) is 28.7. The lowest BCUT2D eigenvalue weighted by Crippen LogP contribution is -2.49. The molecule has 6 N–H and O–H groups in total. The maximum Gasteiger partial charge on any atom is 0.408 e. The molecule has 3 amide bonds. The number of benzene rings is 4. The Labute approximate surface area is 368 Å². The average Bonchev–Trinajstić information content (AvgIpc) is 3.17. The molecule has 0 aromatic heterocycles. The number of aliphatic carboxylic acids is 1. The number of nitriles is 2. The summed E-state index contributed by atoms with van der Waals surface area (Å²) in [6, 6.07) is 32.2. The third kappa shape index (κ3) is 21.1. The number of carbonyl (C=O) groups is 4. The summed E-state index contributed by atoms with van der Waals surface area (Å²) in [6.07, 6.45) is -0.309. The number of carboxylic acids is 1. The minimum absolute atomic E-state index is 0.157. The van der Waals surface area contributed by atoms with Gasteiger partial charge in [-0.1, -0.05) is 96.0 Å². The summed E-state index contributed by atoms with van der Waals surface area (Å²) in [5.74, 6) is -1.48. The van der Waals surface area contributed by atoms with Crippen molar-refractivity contribution in [3.63, 3.8) is 0 Å². The van der Waals surface area contributed by atoms with E-state index in [1.807, 2.05) is 103 Å². The van der Waals surface area contributed by atoms with Gasteiger partial charge in [0.1, 0.15) is 23.3 Å². The zero-order chi connectivity index (χ0) is 45.6. The van der Waals surface area contributed by atoms with Crippen molar-refractivity contribution < 1.29 is 33.8 Å². The number of hydrogen-bond acceptors (Lipinski definition) is 9. The molecular formula is C46H54Cl2N6O7. The fraction of sp³-hybridized carbons (Fsp3) is 0.348. The smallest absolute Gasteiger partial charge is 0.408 e. The van der Waals surface area contributed by atoms with E-state index in [0.29, 0.717) is 23.0 Å². The first-order valence-electron chi connectivity index (χ1n) is 19.4. The number of rotatable bonds is 13. The number of hydrogen-bond donors (Lipinski definition) is 5. The normalized spacial score (nSPS) is 11.6. The van der Waals surface area contributed by atoms with Crippen LogP contribution in [0.25, 0.3) is 22.3 Å². The van der Waals surface area contributed by atoms with Gasteiger partial charge in [0.25, 0.3) is 0 Å². The van der Waals surface area contributed by atoms with Gasteiger partial charge in [0.05, 0.1) is 18.6 Å². The zero-order valence-electron chi connectivity index (χ0n) is 35.3. The molecule has 0 spiro atoms. The highest BCUT2D eigenvalue weighted by molar-refractivity contribution is 6.31. The number of nitrogens with one attached hydrogen (secondary N) is 3. The van der Waals surface area contributed by atoms with Crippen molar-refractivity contribution in [3.05, 3.63) is 118 Å². The van der Waals surface area contributed by atoms with E-state index in [2.05, 4.69) is 16.0 Å². The Hall–Kier alpha value is -6.12. The number of amides is 3. The summed E-state index contributed by atoms with van der Waals surface area (Å²) in [5.41, 5.74) is 9.16. The molecule has 0 aliphatic heterocycles. The number of alkyl carbamates (subject to hydrolysis) is 2. The van der Waals surface area contributed by atoms with E-state index in [9.17, 15) is 24.3 Å². The van der Waals surface area contributed by atoms with E-state index >= 15 is 0 Å². The van der Waals surface area contributed by atoms with E-state index in [-0.39, 0.29) is 31.7 Å². The Morgan fingerprint density at radius 2 is 1.07 bits per heavy atom. The van der Waals surface area contributed by atoms with Gasteiger partial charge in [0.15, 0.2) is 0 Å². The Morgan fingerprint density at radius 1 is 0.656 bits per heavy atom. The van der Waals surface area contributed by atoms with Crippen LogP contribution in [0.3, 0.4) is 0 Å². The molecule has 0 saturated heterocycles. The second-order valence-corrected chi connectivity index (χ2v) is 16.3. The van der Waals surface area contributed by atoms with Gasteiger partial charge in [-0.15, -0.1) is 0 Å². The van der Waals surface area contributed by atoms with E-state index in [4.69, 9.17) is 48.9 Å². The standard InChI is InChI=1S/C23H26ClN3O3.C20H22ClNO4.C3H6N2/c1-23(2,3)30-22(29)27-20(21(28)26-13-5-12-25)14-16-8-10-17(11-9-16)18-6-4-7-19(24)15-18;1-20(2,3)26-19(25)22-17(18(23)24)11-13-7-9-14(10-8-13)15-5-4-6-16(21)12-15;4-2-1-3-5/h4,6-11,15,20H,5,13-14H2,1-3H3,(H,26,28)(H,27,29);4-10,12,17H,11H2,1-3H3,(H,22,25)(H,23,24);1-2,4H2/t20-;17-;/m00./s1. The average molecular weight is 874 g/mol. The summed E-state index contributed by atoms with van der Waals surface area (Å²) < 4.78 is 10.4. The maximum atomic E-state index is 12.5. The molecule has 4 aromatic carbocycles. The van der Waals surface area contributed by atoms with Gasteiger partial charge in [0.2, 0.25) is 5.91 Å². The molecule has 15 heteroatoms. The Bertz CT molecular complexity index is 2120. The van der Waals surface area contributed by atoms with Crippen LogP contribution in [0.4, 0.5) is 9.59 Å². The van der Waals surface area contributed by atoms with Crippen LogP contribution in [0, 0.1) is 22.7 Å². The predicted octanol–water partition coefficient (Wildman–Crippen LogP) is 8.86. The molecule has 324 valence electrons. The molecule has 2 atom stereocenters. The van der Waals surface area contributed by atoms with E-state index < -0.39 is 41.4 Å². The molecule has 0 radical (unpaired) electrons. The Kier molecular flexibility index (Phi) is 21.3. The largest absolute Gasteiger partial charge is 0.480 e. The highest BCUT2D eigenvalue weighted by atomic mass is 35.5. The molecule has 0 unspecified atom stereocenters. The molecule has 4 aromatic rings. The molecule has 0 heterocycles. The third-order valence-electron chi connectivity index (χ3n) is 7.89. The Balaban J connectivity index is 0.000000381. The number of carboxylic acid groups (broad SMARTS) is 1. The molecular weight excluding hydrogens is 819 g/mol. The third-order valence-corrected chi connectivity index (χ3v) is 8.36. The highest BCUT2D eigenvalue weighted by Gasteiger charge is 2.26. The van der Waals surface area contributed by atoms with Crippen molar-refractivity contribution in [1.82, 2.24) is 16.0 Å². The summed E-state index contributed by atoms with van der Waals surface area (Å²) >= 11 is 12.1. The van der Waals surface area contributed by atoms with Crippen LogP contribution in [0.1, 0.15) is 65.5 Å². The van der Waals surface area contributed by atoms with Crippen LogP contribution in [0.2, 0.25) is 10.0 Å². The van der Waals surface area contributed by atoms with Crippen molar-refractivity contribution >= 4 is 47.3 Å². The summed E-state index contributed by atoms with van der Waals surface area (Å²) in [5, 5.41) is 34.8. The predicted molar refractivity (Wildman–Crippen MR) is 238 cm³/mol. The van der Waals surface area contributed by atoms with Gasteiger partial charge >= 0.3 is 18.2 Å². The van der Waals surface area contributed by atoms with Crippen molar-refractivity contribution in [2.24, 2.45) is 5.73 Å². The van der Waals surface area contributed by atoms with Crippen LogP contribution in [-0.4, -0.2) is 65.5 Å². The Morgan fingerprint density at radius 3 is 1.41 bits per heavy atom. The minimum atomic E-state index is -1.12. The van der Waals surface area contributed by atoms with Gasteiger partial charge in [-0.05, 0) is 99.2 Å². The second kappa shape index (κ2) is 25.5. The minimum Gasteiger partial charge on any atom is -0.480 e. The van der Waals surface area contributed by atoms with Crippen LogP contribution in [0.15, 0.2) is 97.1 Å². The fourth-order valence-electron chi connectivity index (χ4n) is 5.21. The van der Waals surface area contributed by atoms with Crippen molar-refractivity contribution in [2.75, 3.05) is 13.1 Å².